The van der Waals surface area contributed by atoms with E-state index < -0.39 is 6.10 Å². The molecule has 1 aromatic carbocycles. The van der Waals surface area contributed by atoms with Crippen LogP contribution in [-0.4, -0.2) is 43.1 Å². The Labute approximate surface area is 135 Å². The fourth-order valence-electron chi connectivity index (χ4n) is 2.18. The van der Waals surface area contributed by atoms with Gasteiger partial charge in [0.05, 0.1) is 10.0 Å². The van der Waals surface area contributed by atoms with Crippen molar-refractivity contribution in [2.24, 2.45) is 0 Å². The fraction of sp³-hybridized carbons (Fsp3) is 0.600. The van der Waals surface area contributed by atoms with Gasteiger partial charge >= 0.3 is 0 Å². The van der Waals surface area contributed by atoms with E-state index in [1.54, 1.807) is 18.2 Å². The second kappa shape index (κ2) is 7.65. The molecule has 2 N–H and O–H groups in total. The molecule has 0 bridgehead atoms. The third-order valence-corrected chi connectivity index (χ3v) is 4.43. The summed E-state index contributed by atoms with van der Waals surface area (Å²) < 4.78 is 10.9. The van der Waals surface area contributed by atoms with Gasteiger partial charge in [-0.15, -0.1) is 0 Å². The highest BCUT2D eigenvalue weighted by Crippen LogP contribution is 2.26. The highest BCUT2D eigenvalue weighted by atomic mass is 35.5. The number of aliphatic hydroxyl groups is 1. The second-order valence-electron chi connectivity index (χ2n) is 5.59. The lowest BCUT2D eigenvalue weighted by atomic mass is 9.92. The van der Waals surface area contributed by atoms with Crippen molar-refractivity contribution in [1.82, 2.24) is 5.32 Å². The summed E-state index contributed by atoms with van der Waals surface area (Å²) in [4.78, 5) is 0. The summed E-state index contributed by atoms with van der Waals surface area (Å²) in [5.74, 6) is 0.598. The average Bonchev–Trinajstić information content (AvgIpc) is 2.47. The maximum Gasteiger partial charge on any atom is 0.121 e. The summed E-state index contributed by atoms with van der Waals surface area (Å²) in [6, 6.07) is 5.05. The van der Waals surface area contributed by atoms with Crippen LogP contribution in [-0.2, 0) is 4.74 Å². The lowest BCUT2D eigenvalue weighted by molar-refractivity contribution is 0.0342. The molecule has 0 saturated carbocycles. The van der Waals surface area contributed by atoms with Crippen LogP contribution < -0.4 is 10.1 Å². The smallest absolute Gasteiger partial charge is 0.121 e. The summed E-state index contributed by atoms with van der Waals surface area (Å²) in [5, 5.41) is 14.3. The average molecular weight is 334 g/mol. The minimum atomic E-state index is -0.584. The fourth-order valence-corrected chi connectivity index (χ4v) is 2.47. The molecule has 0 spiro atoms. The van der Waals surface area contributed by atoms with Gasteiger partial charge in [-0.05, 0) is 31.9 Å². The Morgan fingerprint density at radius 1 is 1.33 bits per heavy atom. The minimum absolute atomic E-state index is 0.0306. The first-order valence-corrected chi connectivity index (χ1v) is 7.83. The molecule has 0 aromatic heterocycles. The molecule has 21 heavy (non-hydrogen) atoms. The second-order valence-corrected chi connectivity index (χ2v) is 6.41. The van der Waals surface area contributed by atoms with Crippen LogP contribution in [0.2, 0.25) is 10.0 Å². The number of hydrogen-bond acceptors (Lipinski definition) is 4. The van der Waals surface area contributed by atoms with Crippen molar-refractivity contribution in [3.63, 3.8) is 0 Å². The molecule has 1 heterocycles. The van der Waals surface area contributed by atoms with Crippen molar-refractivity contribution in [1.29, 1.82) is 0 Å². The Bertz CT molecular complexity index is 464. The molecular weight excluding hydrogens is 313 g/mol. The van der Waals surface area contributed by atoms with Gasteiger partial charge in [0.25, 0.3) is 0 Å². The van der Waals surface area contributed by atoms with Crippen LogP contribution in [0.15, 0.2) is 18.2 Å². The van der Waals surface area contributed by atoms with Crippen LogP contribution in [0.25, 0.3) is 0 Å². The number of nitrogens with one attached hydrogen (secondary N) is 1. The van der Waals surface area contributed by atoms with Gasteiger partial charge in [0.15, 0.2) is 0 Å². The molecule has 2 rings (SSSR count). The van der Waals surface area contributed by atoms with Gasteiger partial charge < -0.3 is 19.9 Å². The van der Waals surface area contributed by atoms with Crippen molar-refractivity contribution in [3.8, 4) is 5.75 Å². The van der Waals surface area contributed by atoms with Gasteiger partial charge in [-0.2, -0.15) is 0 Å². The molecule has 118 valence electrons. The van der Waals surface area contributed by atoms with Gasteiger partial charge in [-0.25, -0.2) is 0 Å². The number of halogens is 2. The molecule has 1 aromatic rings. The zero-order chi connectivity index (χ0) is 15.3. The highest BCUT2D eigenvalue weighted by Gasteiger charge is 2.27. The van der Waals surface area contributed by atoms with Gasteiger partial charge in [0, 0.05) is 31.4 Å². The largest absolute Gasteiger partial charge is 0.491 e. The molecule has 1 fully saturated rings. The molecule has 0 aliphatic carbocycles. The first-order valence-electron chi connectivity index (χ1n) is 7.07. The topological polar surface area (TPSA) is 50.7 Å². The predicted octanol–water partition coefficient (Wildman–Crippen LogP) is 2.89. The van der Waals surface area contributed by atoms with Crippen molar-refractivity contribution < 1.29 is 14.6 Å². The van der Waals surface area contributed by atoms with Crippen molar-refractivity contribution >= 4 is 23.2 Å². The third-order valence-electron chi connectivity index (χ3n) is 3.69. The van der Waals surface area contributed by atoms with Crippen molar-refractivity contribution in [2.45, 2.75) is 31.4 Å². The highest BCUT2D eigenvalue weighted by molar-refractivity contribution is 6.42. The van der Waals surface area contributed by atoms with Crippen LogP contribution in [0.4, 0.5) is 0 Å². The lowest BCUT2D eigenvalue weighted by Crippen LogP contribution is -2.50. The SMILES string of the molecule is CC1(NCC(O)COc2ccc(Cl)c(Cl)c2)CCOCC1. The zero-order valence-electron chi connectivity index (χ0n) is 12.1. The number of rotatable bonds is 6. The molecule has 1 atom stereocenters. The molecule has 1 unspecified atom stereocenters. The van der Waals surface area contributed by atoms with Crippen LogP contribution in [0.1, 0.15) is 19.8 Å². The minimum Gasteiger partial charge on any atom is -0.491 e. The van der Waals surface area contributed by atoms with E-state index in [0.29, 0.717) is 22.3 Å². The van der Waals surface area contributed by atoms with E-state index in [1.807, 2.05) is 0 Å². The summed E-state index contributed by atoms with van der Waals surface area (Å²) in [7, 11) is 0. The maximum absolute atomic E-state index is 10.0. The molecule has 1 aliphatic rings. The van der Waals surface area contributed by atoms with Crippen LogP contribution >= 0.6 is 23.2 Å². The summed E-state index contributed by atoms with van der Waals surface area (Å²) in [6.45, 7) is 4.37. The summed E-state index contributed by atoms with van der Waals surface area (Å²) in [6.07, 6.45) is 1.32. The summed E-state index contributed by atoms with van der Waals surface area (Å²) in [5.41, 5.74) is 0.0306. The Kier molecular flexibility index (Phi) is 6.14. The van der Waals surface area contributed by atoms with Gasteiger partial charge in [0.2, 0.25) is 0 Å². The number of benzene rings is 1. The van der Waals surface area contributed by atoms with E-state index in [9.17, 15) is 5.11 Å². The molecule has 1 saturated heterocycles. The van der Waals surface area contributed by atoms with Crippen LogP contribution in [0.3, 0.4) is 0 Å². The van der Waals surface area contributed by atoms with E-state index in [2.05, 4.69) is 12.2 Å². The Balaban J connectivity index is 1.74. The third kappa shape index (κ3) is 5.31. The lowest BCUT2D eigenvalue weighted by Gasteiger charge is -2.35. The monoisotopic (exact) mass is 333 g/mol. The molecule has 6 heteroatoms. The quantitative estimate of drug-likeness (QED) is 0.840. The van der Waals surface area contributed by atoms with E-state index in [4.69, 9.17) is 32.7 Å². The van der Waals surface area contributed by atoms with E-state index in [-0.39, 0.29) is 12.1 Å². The standard InChI is InChI=1S/C15H21Cl2NO3/c1-15(4-6-20-7-5-15)18-9-11(19)10-21-12-2-3-13(16)14(17)8-12/h2-3,8,11,18-19H,4-7,9-10H2,1H3. The molecule has 0 radical (unpaired) electrons. The number of β-amino-alcohol motifs (C(OH)–C–C–N with tert-alkyl or cyclic N) is 1. The molecule has 1 aliphatic heterocycles. The van der Waals surface area contributed by atoms with Crippen LogP contribution in [0.5, 0.6) is 5.75 Å². The Morgan fingerprint density at radius 2 is 2.05 bits per heavy atom. The first kappa shape index (κ1) is 16.8. The number of aliphatic hydroxyl groups excluding tert-OH is 1. The summed E-state index contributed by atoms with van der Waals surface area (Å²) >= 11 is 11.7. The Hall–Kier alpha value is -0.520. The van der Waals surface area contributed by atoms with Crippen LogP contribution in [0, 0.1) is 0 Å². The first-order chi connectivity index (χ1) is 9.98. The van der Waals surface area contributed by atoms with Gasteiger partial charge in [-0.1, -0.05) is 23.2 Å². The molecule has 4 nitrogen and oxygen atoms in total. The van der Waals surface area contributed by atoms with Gasteiger partial charge in [0.1, 0.15) is 18.5 Å². The maximum atomic E-state index is 10.0. The number of hydrogen-bond donors (Lipinski definition) is 2. The van der Waals surface area contributed by atoms with Crippen molar-refractivity contribution in [2.75, 3.05) is 26.4 Å². The van der Waals surface area contributed by atoms with Gasteiger partial charge in [-0.3, -0.25) is 0 Å². The van der Waals surface area contributed by atoms with Crippen molar-refractivity contribution in [3.05, 3.63) is 28.2 Å². The molecular formula is C15H21Cl2NO3. The number of ether oxygens (including phenoxy) is 2. The van der Waals surface area contributed by atoms with E-state index in [0.717, 1.165) is 26.1 Å². The Morgan fingerprint density at radius 3 is 2.71 bits per heavy atom. The predicted molar refractivity (Wildman–Crippen MR) is 84.4 cm³/mol. The van der Waals surface area contributed by atoms with E-state index >= 15 is 0 Å². The normalized spacial score (nSPS) is 19.2. The van der Waals surface area contributed by atoms with E-state index in [1.165, 1.54) is 0 Å². The molecule has 0 amide bonds. The zero-order valence-corrected chi connectivity index (χ0v) is 13.6.